The highest BCUT2D eigenvalue weighted by molar-refractivity contribution is 5.87. The van der Waals surface area contributed by atoms with Crippen molar-refractivity contribution in [2.45, 2.75) is 0 Å². The van der Waals surface area contributed by atoms with Crippen LogP contribution in [0.2, 0.25) is 0 Å². The van der Waals surface area contributed by atoms with E-state index in [4.69, 9.17) is 15.0 Å². The Morgan fingerprint density at radius 3 is 1.12 bits per heavy atom. The number of aromatic nitrogens is 3. The molecule has 0 radical (unpaired) electrons. The van der Waals surface area contributed by atoms with Crippen LogP contribution in [0.25, 0.3) is 78.7 Å². The second kappa shape index (κ2) is 13.1. The van der Waals surface area contributed by atoms with E-state index in [0.717, 1.165) is 55.6 Å². The number of hydrogen-bond donors (Lipinski definition) is 0. The zero-order valence-corrected chi connectivity index (χ0v) is 26.2. The molecule has 0 aliphatic rings. The lowest BCUT2D eigenvalue weighted by Crippen LogP contribution is -2.01. The summed E-state index contributed by atoms with van der Waals surface area (Å²) in [5.41, 5.74) is 11.9. The third-order valence-corrected chi connectivity index (χ3v) is 8.59. The van der Waals surface area contributed by atoms with Crippen LogP contribution >= 0.6 is 0 Å². The Hall–Kier alpha value is -6.45. The first-order chi connectivity index (χ1) is 23.8. The molecule has 1 aromatic heterocycles. The first-order valence-electron chi connectivity index (χ1n) is 16.1. The second-order valence-electron chi connectivity index (χ2n) is 11.7. The molecule has 0 N–H and O–H groups in total. The van der Waals surface area contributed by atoms with Crippen LogP contribution in [0, 0.1) is 0 Å². The van der Waals surface area contributed by atoms with E-state index in [2.05, 4.69) is 158 Å². The van der Waals surface area contributed by atoms with E-state index < -0.39 is 0 Å². The minimum atomic E-state index is 0.627. The minimum absolute atomic E-state index is 0.627. The van der Waals surface area contributed by atoms with Gasteiger partial charge in [-0.1, -0.05) is 182 Å². The lowest BCUT2D eigenvalue weighted by molar-refractivity contribution is 1.07. The first kappa shape index (κ1) is 29.0. The Morgan fingerprint density at radius 1 is 0.208 bits per heavy atom. The molecular weight excluding hydrogens is 583 g/mol. The summed E-state index contributed by atoms with van der Waals surface area (Å²) in [6, 6.07) is 65.1. The molecule has 8 rings (SSSR count). The van der Waals surface area contributed by atoms with E-state index in [0.29, 0.717) is 17.5 Å². The molecule has 0 bridgehead atoms. The van der Waals surface area contributed by atoms with Gasteiger partial charge in [0, 0.05) is 16.7 Å². The van der Waals surface area contributed by atoms with Crippen LogP contribution in [0.4, 0.5) is 0 Å². The lowest BCUT2D eigenvalue weighted by Gasteiger charge is -2.15. The fourth-order valence-corrected chi connectivity index (χ4v) is 6.15. The van der Waals surface area contributed by atoms with Gasteiger partial charge in [0.2, 0.25) is 0 Å². The molecule has 0 unspecified atom stereocenters. The van der Waals surface area contributed by atoms with Gasteiger partial charge in [0.1, 0.15) is 0 Å². The smallest absolute Gasteiger partial charge is 0.164 e. The van der Waals surface area contributed by atoms with Gasteiger partial charge in [0.25, 0.3) is 0 Å². The molecule has 0 aliphatic heterocycles. The molecule has 3 nitrogen and oxygen atoms in total. The molecule has 0 saturated heterocycles. The molecule has 226 valence electrons. The second-order valence-corrected chi connectivity index (χ2v) is 11.7. The monoisotopic (exact) mass is 613 g/mol. The Bertz CT molecular complexity index is 2300. The van der Waals surface area contributed by atoms with E-state index >= 15 is 0 Å². The van der Waals surface area contributed by atoms with Gasteiger partial charge in [-0.3, -0.25) is 0 Å². The maximum absolute atomic E-state index is 5.17. The van der Waals surface area contributed by atoms with E-state index in [1.165, 1.54) is 5.56 Å². The standard InChI is InChI=1S/C45H31N3/c1-5-15-32(16-6-1)33-25-27-37(28-26-33)43-46-44(48-45(47-43)41-24-14-13-23-39(41)34-17-7-2-8-18-34)38-29-30-40(35-19-9-3-10-20-35)42(31-38)36-21-11-4-12-22-36/h1-31H. The first-order valence-corrected chi connectivity index (χ1v) is 16.1. The highest BCUT2D eigenvalue weighted by Gasteiger charge is 2.17. The predicted octanol–water partition coefficient (Wildman–Crippen LogP) is 11.5. The van der Waals surface area contributed by atoms with Crippen molar-refractivity contribution in [3.05, 3.63) is 188 Å². The van der Waals surface area contributed by atoms with Crippen LogP contribution in [0.1, 0.15) is 0 Å². The van der Waals surface area contributed by atoms with Gasteiger partial charge >= 0.3 is 0 Å². The summed E-state index contributed by atoms with van der Waals surface area (Å²) >= 11 is 0. The van der Waals surface area contributed by atoms with Crippen LogP contribution in [0.15, 0.2) is 188 Å². The number of rotatable bonds is 7. The van der Waals surface area contributed by atoms with Gasteiger partial charge in [0.15, 0.2) is 17.5 Å². The van der Waals surface area contributed by atoms with E-state index in [-0.39, 0.29) is 0 Å². The van der Waals surface area contributed by atoms with Crippen molar-refractivity contribution >= 4 is 0 Å². The molecule has 0 saturated carbocycles. The van der Waals surface area contributed by atoms with E-state index in [9.17, 15) is 0 Å². The maximum atomic E-state index is 5.17. The SMILES string of the molecule is c1ccc(-c2ccc(-c3nc(-c4ccc(-c5ccccc5)c(-c5ccccc5)c4)nc(-c4ccccc4-c4ccccc4)n3)cc2)cc1. The summed E-state index contributed by atoms with van der Waals surface area (Å²) in [5.74, 6) is 1.89. The fourth-order valence-electron chi connectivity index (χ4n) is 6.15. The molecule has 0 atom stereocenters. The van der Waals surface area contributed by atoms with E-state index in [1.54, 1.807) is 0 Å². The summed E-state index contributed by atoms with van der Waals surface area (Å²) in [4.78, 5) is 15.4. The molecule has 0 spiro atoms. The van der Waals surface area contributed by atoms with Gasteiger partial charge in [-0.2, -0.15) is 0 Å². The summed E-state index contributed by atoms with van der Waals surface area (Å²) in [5, 5.41) is 0. The van der Waals surface area contributed by atoms with Gasteiger partial charge in [0.05, 0.1) is 0 Å². The van der Waals surface area contributed by atoms with Crippen LogP contribution in [-0.2, 0) is 0 Å². The Balaban J connectivity index is 1.31. The molecule has 1 heterocycles. The minimum Gasteiger partial charge on any atom is -0.208 e. The maximum Gasteiger partial charge on any atom is 0.164 e. The topological polar surface area (TPSA) is 38.7 Å². The van der Waals surface area contributed by atoms with Gasteiger partial charge in [-0.05, 0) is 50.6 Å². The Kier molecular flexibility index (Phi) is 7.92. The van der Waals surface area contributed by atoms with Crippen LogP contribution < -0.4 is 0 Å². The highest BCUT2D eigenvalue weighted by atomic mass is 15.0. The Morgan fingerprint density at radius 2 is 0.562 bits per heavy atom. The van der Waals surface area contributed by atoms with Crippen molar-refractivity contribution in [3.63, 3.8) is 0 Å². The normalized spacial score (nSPS) is 10.9. The van der Waals surface area contributed by atoms with Gasteiger partial charge in [-0.25, -0.2) is 15.0 Å². The predicted molar refractivity (Wildman–Crippen MR) is 198 cm³/mol. The van der Waals surface area contributed by atoms with Crippen LogP contribution in [-0.4, -0.2) is 15.0 Å². The third-order valence-electron chi connectivity index (χ3n) is 8.59. The molecule has 0 aliphatic carbocycles. The molecule has 0 amide bonds. The summed E-state index contributed by atoms with van der Waals surface area (Å²) in [7, 11) is 0. The zero-order valence-electron chi connectivity index (χ0n) is 26.2. The van der Waals surface area contributed by atoms with Crippen molar-refractivity contribution in [3.8, 4) is 78.7 Å². The number of hydrogen-bond acceptors (Lipinski definition) is 3. The molecule has 8 aromatic rings. The van der Waals surface area contributed by atoms with Crippen LogP contribution in [0.5, 0.6) is 0 Å². The zero-order chi connectivity index (χ0) is 32.1. The van der Waals surface area contributed by atoms with Gasteiger partial charge in [-0.15, -0.1) is 0 Å². The Labute approximate surface area is 280 Å². The van der Waals surface area contributed by atoms with Crippen LogP contribution in [0.3, 0.4) is 0 Å². The van der Waals surface area contributed by atoms with Crippen molar-refractivity contribution in [1.82, 2.24) is 15.0 Å². The fraction of sp³-hybridized carbons (Fsp3) is 0. The molecular formula is C45H31N3. The van der Waals surface area contributed by atoms with Crippen molar-refractivity contribution < 1.29 is 0 Å². The van der Waals surface area contributed by atoms with E-state index in [1.807, 2.05) is 30.3 Å². The summed E-state index contributed by atoms with van der Waals surface area (Å²) in [6.45, 7) is 0. The molecule has 0 fully saturated rings. The lowest BCUT2D eigenvalue weighted by atomic mass is 9.92. The summed E-state index contributed by atoms with van der Waals surface area (Å²) in [6.07, 6.45) is 0. The average molecular weight is 614 g/mol. The molecule has 48 heavy (non-hydrogen) atoms. The number of benzene rings is 7. The largest absolute Gasteiger partial charge is 0.208 e. The summed E-state index contributed by atoms with van der Waals surface area (Å²) < 4.78 is 0. The van der Waals surface area contributed by atoms with Crippen molar-refractivity contribution in [2.75, 3.05) is 0 Å². The quantitative estimate of drug-likeness (QED) is 0.179. The average Bonchev–Trinajstić information content (AvgIpc) is 3.19. The number of nitrogens with zero attached hydrogens (tertiary/aromatic N) is 3. The van der Waals surface area contributed by atoms with Crippen molar-refractivity contribution in [2.24, 2.45) is 0 Å². The molecule has 3 heteroatoms. The van der Waals surface area contributed by atoms with Crippen molar-refractivity contribution in [1.29, 1.82) is 0 Å². The third kappa shape index (κ3) is 5.93. The van der Waals surface area contributed by atoms with Gasteiger partial charge < -0.3 is 0 Å². The molecule has 7 aromatic carbocycles. The highest BCUT2D eigenvalue weighted by Crippen LogP contribution is 2.37.